The second-order valence-corrected chi connectivity index (χ2v) is 4.58. The molecule has 2 rings (SSSR count). The smallest absolute Gasteiger partial charge is 0.247 e. The van der Waals surface area contributed by atoms with Gasteiger partial charge in [0.1, 0.15) is 11.9 Å². The van der Waals surface area contributed by atoms with Gasteiger partial charge in [-0.1, -0.05) is 6.92 Å². The quantitative estimate of drug-likeness (QED) is 0.880. The number of anilines is 2. The summed E-state index contributed by atoms with van der Waals surface area (Å²) in [4.78, 5) is 29.5. The number of nitrogens with two attached hydrogens (primary N) is 1. The highest BCUT2D eigenvalue weighted by atomic mass is 35.5. The minimum absolute atomic E-state index is 0. The number of carbonyl (C=O) groups excluding carboxylic acids is 2. The average Bonchev–Trinajstić information content (AvgIpc) is 2.80. The number of carbonyl (C=O) groups is 2. The lowest BCUT2D eigenvalue weighted by atomic mass is 10.2. The maximum atomic E-state index is 12.2. The Bertz CT molecular complexity index is 478. The minimum Gasteiger partial charge on any atom is -0.384 e. The van der Waals surface area contributed by atoms with Crippen LogP contribution in [0.2, 0.25) is 0 Å². The molecule has 110 valence electrons. The summed E-state index contributed by atoms with van der Waals surface area (Å²) in [5, 5.41) is 2.77. The molecule has 1 unspecified atom stereocenters. The molecular weight excluding hydrogens is 280 g/mol. The number of nitrogens with one attached hydrogen (secondary N) is 1. The number of hydrogen-bond donors (Lipinski definition) is 2. The van der Waals surface area contributed by atoms with E-state index in [-0.39, 0.29) is 24.2 Å². The molecule has 0 aromatic carbocycles. The predicted molar refractivity (Wildman–Crippen MR) is 79.6 cm³/mol. The third-order valence-corrected chi connectivity index (χ3v) is 3.23. The number of amides is 2. The van der Waals surface area contributed by atoms with Gasteiger partial charge in [0.2, 0.25) is 11.8 Å². The first-order valence-electron chi connectivity index (χ1n) is 6.43. The maximum absolute atomic E-state index is 12.2. The molecule has 2 amide bonds. The van der Waals surface area contributed by atoms with Crippen LogP contribution in [0.15, 0.2) is 18.3 Å². The first-order chi connectivity index (χ1) is 9.11. The summed E-state index contributed by atoms with van der Waals surface area (Å²) in [6.45, 7) is 2.56. The summed E-state index contributed by atoms with van der Waals surface area (Å²) in [5.41, 5.74) is 6.07. The van der Waals surface area contributed by atoms with Crippen LogP contribution in [0.3, 0.4) is 0 Å². The summed E-state index contributed by atoms with van der Waals surface area (Å²) in [6.07, 6.45) is 3.46. The van der Waals surface area contributed by atoms with Gasteiger partial charge >= 0.3 is 0 Å². The minimum atomic E-state index is -0.410. The summed E-state index contributed by atoms with van der Waals surface area (Å²) < 4.78 is 0. The molecule has 0 spiro atoms. The van der Waals surface area contributed by atoms with Gasteiger partial charge in [0.25, 0.3) is 0 Å². The molecule has 2 heterocycles. The van der Waals surface area contributed by atoms with E-state index in [1.807, 2.05) is 6.92 Å². The lowest BCUT2D eigenvalue weighted by Gasteiger charge is -2.25. The van der Waals surface area contributed by atoms with Crippen LogP contribution in [0.5, 0.6) is 0 Å². The molecule has 0 saturated carbocycles. The molecular formula is C13H19ClN4O2. The van der Waals surface area contributed by atoms with Gasteiger partial charge in [0, 0.05) is 13.0 Å². The van der Waals surface area contributed by atoms with Crippen molar-refractivity contribution in [2.45, 2.75) is 32.2 Å². The number of pyridine rings is 1. The third-order valence-electron chi connectivity index (χ3n) is 3.23. The first kappa shape index (κ1) is 16.2. The molecule has 1 aromatic rings. The Balaban J connectivity index is 0.00000200. The molecule has 0 bridgehead atoms. The number of nitrogens with zero attached hydrogens (tertiary/aromatic N) is 2. The lowest BCUT2D eigenvalue weighted by molar-refractivity contribution is -0.135. The molecule has 1 aliphatic rings. The maximum Gasteiger partial charge on any atom is 0.247 e. The van der Waals surface area contributed by atoms with Crippen molar-refractivity contribution in [3.05, 3.63) is 18.3 Å². The van der Waals surface area contributed by atoms with Crippen molar-refractivity contribution in [3.8, 4) is 0 Å². The Morgan fingerprint density at radius 2 is 2.30 bits per heavy atom. The van der Waals surface area contributed by atoms with Crippen molar-refractivity contribution in [1.29, 1.82) is 0 Å². The van der Waals surface area contributed by atoms with Gasteiger partial charge in [-0.05, 0) is 25.0 Å². The zero-order valence-electron chi connectivity index (χ0n) is 11.3. The fourth-order valence-corrected chi connectivity index (χ4v) is 2.25. The van der Waals surface area contributed by atoms with Crippen molar-refractivity contribution in [1.82, 2.24) is 9.88 Å². The Labute approximate surface area is 124 Å². The average molecular weight is 299 g/mol. The molecule has 0 radical (unpaired) electrons. The standard InChI is InChI=1S/C13H18N4O2.ClH/c1-2-10(17-7-3-4-12(17)18)13(19)16-9-5-6-11(14)15-8-9;/h5-6,8,10H,2-4,7H2,1H3,(H2,14,15)(H,16,19);1H. The van der Waals surface area contributed by atoms with Crippen LogP contribution < -0.4 is 11.1 Å². The van der Waals surface area contributed by atoms with Gasteiger partial charge in [0.05, 0.1) is 11.9 Å². The summed E-state index contributed by atoms with van der Waals surface area (Å²) in [6, 6.07) is 2.91. The van der Waals surface area contributed by atoms with E-state index in [0.29, 0.717) is 30.9 Å². The van der Waals surface area contributed by atoms with Gasteiger partial charge in [-0.3, -0.25) is 9.59 Å². The molecule has 3 N–H and O–H groups in total. The number of likely N-dealkylation sites (tertiary alicyclic amines) is 1. The summed E-state index contributed by atoms with van der Waals surface area (Å²) in [7, 11) is 0. The van der Waals surface area contributed by atoms with Crippen LogP contribution in [0, 0.1) is 0 Å². The second-order valence-electron chi connectivity index (χ2n) is 4.58. The largest absolute Gasteiger partial charge is 0.384 e. The monoisotopic (exact) mass is 298 g/mol. The SMILES string of the molecule is CCC(C(=O)Nc1ccc(N)nc1)N1CCCC1=O.Cl. The van der Waals surface area contributed by atoms with Crippen molar-refractivity contribution >= 4 is 35.7 Å². The van der Waals surface area contributed by atoms with Crippen LogP contribution in [0.4, 0.5) is 11.5 Å². The normalized spacial score (nSPS) is 15.7. The molecule has 6 nitrogen and oxygen atoms in total. The van der Waals surface area contributed by atoms with Gasteiger partial charge in [0.15, 0.2) is 0 Å². The Kier molecular flexibility index (Phi) is 5.76. The molecule has 1 aliphatic heterocycles. The zero-order chi connectivity index (χ0) is 13.8. The fourth-order valence-electron chi connectivity index (χ4n) is 2.25. The third kappa shape index (κ3) is 3.60. The van der Waals surface area contributed by atoms with Gasteiger partial charge < -0.3 is 16.0 Å². The molecule has 1 aromatic heterocycles. The summed E-state index contributed by atoms with van der Waals surface area (Å²) >= 11 is 0. The Morgan fingerprint density at radius 1 is 1.55 bits per heavy atom. The molecule has 20 heavy (non-hydrogen) atoms. The topological polar surface area (TPSA) is 88.3 Å². The van der Waals surface area contributed by atoms with Crippen molar-refractivity contribution < 1.29 is 9.59 Å². The molecule has 1 atom stereocenters. The first-order valence-corrected chi connectivity index (χ1v) is 6.43. The second kappa shape index (κ2) is 7.09. The van der Waals surface area contributed by atoms with E-state index in [9.17, 15) is 9.59 Å². The van der Waals surface area contributed by atoms with Crippen LogP contribution in [-0.2, 0) is 9.59 Å². The van der Waals surface area contributed by atoms with E-state index in [1.54, 1.807) is 17.0 Å². The van der Waals surface area contributed by atoms with Crippen LogP contribution in [-0.4, -0.2) is 34.3 Å². The Hall–Kier alpha value is -1.82. The molecule has 7 heteroatoms. The predicted octanol–water partition coefficient (Wildman–Crippen LogP) is 1.43. The van der Waals surface area contributed by atoms with Crippen LogP contribution in [0.25, 0.3) is 0 Å². The van der Waals surface area contributed by atoms with Crippen LogP contribution >= 0.6 is 12.4 Å². The van der Waals surface area contributed by atoms with Gasteiger partial charge in [-0.15, -0.1) is 12.4 Å². The zero-order valence-corrected chi connectivity index (χ0v) is 12.2. The van der Waals surface area contributed by atoms with Crippen LogP contribution in [0.1, 0.15) is 26.2 Å². The van der Waals surface area contributed by atoms with E-state index in [4.69, 9.17) is 5.73 Å². The van der Waals surface area contributed by atoms with E-state index in [0.717, 1.165) is 6.42 Å². The number of hydrogen-bond acceptors (Lipinski definition) is 4. The van der Waals surface area contributed by atoms with Crippen molar-refractivity contribution in [2.24, 2.45) is 0 Å². The molecule has 0 aliphatic carbocycles. The highest BCUT2D eigenvalue weighted by molar-refractivity contribution is 5.97. The highest BCUT2D eigenvalue weighted by Gasteiger charge is 2.31. The van der Waals surface area contributed by atoms with Gasteiger partial charge in [-0.25, -0.2) is 4.98 Å². The molecule has 1 saturated heterocycles. The fraction of sp³-hybridized carbons (Fsp3) is 0.462. The highest BCUT2D eigenvalue weighted by Crippen LogP contribution is 2.17. The number of rotatable bonds is 4. The lowest BCUT2D eigenvalue weighted by Crippen LogP contribution is -2.44. The number of halogens is 1. The van der Waals surface area contributed by atoms with E-state index in [2.05, 4.69) is 10.3 Å². The van der Waals surface area contributed by atoms with Crippen molar-refractivity contribution in [3.63, 3.8) is 0 Å². The molecule has 1 fully saturated rings. The van der Waals surface area contributed by atoms with E-state index < -0.39 is 6.04 Å². The number of nitrogen functional groups attached to an aromatic ring is 1. The van der Waals surface area contributed by atoms with Crippen molar-refractivity contribution in [2.75, 3.05) is 17.6 Å². The number of aromatic nitrogens is 1. The van der Waals surface area contributed by atoms with E-state index in [1.165, 1.54) is 6.20 Å². The summed E-state index contributed by atoms with van der Waals surface area (Å²) in [5.74, 6) is 0.279. The Morgan fingerprint density at radius 3 is 2.80 bits per heavy atom. The van der Waals surface area contributed by atoms with Gasteiger partial charge in [-0.2, -0.15) is 0 Å². The van der Waals surface area contributed by atoms with E-state index >= 15 is 0 Å².